The number of aliphatic carboxylic acids is 1. The average Bonchev–Trinajstić information content (AvgIpc) is 2.32. The fourth-order valence-corrected chi connectivity index (χ4v) is 1.91. The summed E-state index contributed by atoms with van der Waals surface area (Å²) >= 11 is 11.7. The first-order chi connectivity index (χ1) is 8.59. The van der Waals surface area contributed by atoms with Crippen molar-refractivity contribution in [2.24, 2.45) is 0 Å². The Balaban J connectivity index is 2.10. The van der Waals surface area contributed by atoms with Crippen LogP contribution in [0.1, 0.15) is 31.2 Å². The van der Waals surface area contributed by atoms with Gasteiger partial charge in [-0.2, -0.15) is 0 Å². The first-order valence-corrected chi connectivity index (χ1v) is 6.71. The molecule has 2 N–H and O–H groups in total. The van der Waals surface area contributed by atoms with E-state index in [4.69, 9.17) is 28.3 Å². The van der Waals surface area contributed by atoms with Gasteiger partial charge in [-0.15, -0.1) is 0 Å². The van der Waals surface area contributed by atoms with Crippen LogP contribution in [0.5, 0.6) is 0 Å². The van der Waals surface area contributed by atoms with E-state index in [-0.39, 0.29) is 6.42 Å². The minimum atomic E-state index is -0.723. The van der Waals surface area contributed by atoms with Crippen LogP contribution >= 0.6 is 23.2 Å². The molecule has 1 rings (SSSR count). The highest BCUT2D eigenvalue weighted by Gasteiger charge is 1.99. The molecule has 0 atom stereocenters. The van der Waals surface area contributed by atoms with E-state index in [1.54, 1.807) is 6.07 Å². The summed E-state index contributed by atoms with van der Waals surface area (Å²) in [4.78, 5) is 10.3. The summed E-state index contributed by atoms with van der Waals surface area (Å²) in [5.41, 5.74) is 1.09. The molecule has 0 aliphatic rings. The number of nitrogens with one attached hydrogen (secondary N) is 1. The second kappa shape index (κ2) is 8.35. The summed E-state index contributed by atoms with van der Waals surface area (Å²) in [5, 5.41) is 12.9. The maximum absolute atomic E-state index is 10.3. The molecule has 18 heavy (non-hydrogen) atoms. The molecule has 0 spiro atoms. The van der Waals surface area contributed by atoms with Crippen LogP contribution in [0.2, 0.25) is 10.0 Å². The van der Waals surface area contributed by atoms with Crippen LogP contribution in [-0.2, 0) is 11.3 Å². The molecule has 0 bridgehead atoms. The summed E-state index contributed by atoms with van der Waals surface area (Å²) in [6.45, 7) is 1.62. The van der Waals surface area contributed by atoms with Crippen molar-refractivity contribution in [3.63, 3.8) is 0 Å². The summed E-state index contributed by atoms with van der Waals surface area (Å²) in [7, 11) is 0. The molecule has 1 aromatic rings. The molecule has 0 unspecified atom stereocenters. The minimum Gasteiger partial charge on any atom is -0.481 e. The van der Waals surface area contributed by atoms with Gasteiger partial charge >= 0.3 is 5.97 Å². The molecular weight excluding hydrogens is 273 g/mol. The van der Waals surface area contributed by atoms with E-state index in [1.807, 2.05) is 12.1 Å². The molecule has 0 saturated heterocycles. The Labute approximate surface area is 117 Å². The third-order valence-corrected chi connectivity index (χ3v) is 3.30. The van der Waals surface area contributed by atoms with Crippen LogP contribution in [0, 0.1) is 0 Å². The Morgan fingerprint density at radius 1 is 1.17 bits per heavy atom. The van der Waals surface area contributed by atoms with Crippen molar-refractivity contribution in [3.8, 4) is 0 Å². The first-order valence-electron chi connectivity index (χ1n) is 5.96. The van der Waals surface area contributed by atoms with Gasteiger partial charge in [0.15, 0.2) is 0 Å². The molecule has 100 valence electrons. The van der Waals surface area contributed by atoms with Crippen LogP contribution in [-0.4, -0.2) is 17.6 Å². The number of hydrogen-bond acceptors (Lipinski definition) is 2. The van der Waals surface area contributed by atoms with E-state index in [2.05, 4.69) is 5.32 Å². The van der Waals surface area contributed by atoms with Crippen molar-refractivity contribution in [2.75, 3.05) is 6.54 Å². The predicted octanol–water partition coefficient (Wildman–Crippen LogP) is 3.73. The predicted molar refractivity (Wildman–Crippen MR) is 74.3 cm³/mol. The van der Waals surface area contributed by atoms with Crippen molar-refractivity contribution in [2.45, 2.75) is 32.2 Å². The highest BCUT2D eigenvalue weighted by Crippen LogP contribution is 2.22. The van der Waals surface area contributed by atoms with Gasteiger partial charge in [0.05, 0.1) is 10.0 Å². The highest BCUT2D eigenvalue weighted by atomic mass is 35.5. The van der Waals surface area contributed by atoms with Crippen molar-refractivity contribution in [3.05, 3.63) is 33.8 Å². The van der Waals surface area contributed by atoms with Crippen LogP contribution in [0.15, 0.2) is 18.2 Å². The maximum atomic E-state index is 10.3. The highest BCUT2D eigenvalue weighted by molar-refractivity contribution is 6.42. The van der Waals surface area contributed by atoms with Crippen LogP contribution < -0.4 is 5.32 Å². The molecule has 0 fully saturated rings. The van der Waals surface area contributed by atoms with Crippen molar-refractivity contribution < 1.29 is 9.90 Å². The fraction of sp³-hybridized carbons (Fsp3) is 0.462. The van der Waals surface area contributed by atoms with Gasteiger partial charge in [0.1, 0.15) is 0 Å². The van der Waals surface area contributed by atoms with Gasteiger partial charge in [-0.3, -0.25) is 4.79 Å². The second-order valence-electron chi connectivity index (χ2n) is 4.13. The summed E-state index contributed by atoms with van der Waals surface area (Å²) in [6, 6.07) is 5.57. The van der Waals surface area contributed by atoms with E-state index >= 15 is 0 Å². The Bertz CT molecular complexity index is 397. The van der Waals surface area contributed by atoms with E-state index in [9.17, 15) is 4.79 Å². The lowest BCUT2D eigenvalue weighted by Crippen LogP contribution is -2.14. The number of carboxylic acid groups (broad SMARTS) is 1. The van der Waals surface area contributed by atoms with Gasteiger partial charge in [0, 0.05) is 13.0 Å². The van der Waals surface area contributed by atoms with Gasteiger partial charge in [0.25, 0.3) is 0 Å². The Morgan fingerprint density at radius 2 is 1.94 bits per heavy atom. The third-order valence-electron chi connectivity index (χ3n) is 2.56. The van der Waals surface area contributed by atoms with Gasteiger partial charge in [-0.05, 0) is 37.1 Å². The Morgan fingerprint density at radius 3 is 2.61 bits per heavy atom. The number of halogens is 2. The van der Waals surface area contributed by atoms with Crippen molar-refractivity contribution in [1.29, 1.82) is 0 Å². The second-order valence-corrected chi connectivity index (χ2v) is 4.94. The van der Waals surface area contributed by atoms with E-state index in [0.29, 0.717) is 10.0 Å². The smallest absolute Gasteiger partial charge is 0.303 e. The Hall–Kier alpha value is -0.770. The fourth-order valence-electron chi connectivity index (χ4n) is 1.59. The maximum Gasteiger partial charge on any atom is 0.303 e. The number of hydrogen-bond donors (Lipinski definition) is 2. The number of benzene rings is 1. The molecule has 0 aliphatic carbocycles. The Kier molecular flexibility index (Phi) is 7.09. The first kappa shape index (κ1) is 15.3. The monoisotopic (exact) mass is 289 g/mol. The summed E-state index contributed by atoms with van der Waals surface area (Å²) < 4.78 is 0. The van der Waals surface area contributed by atoms with E-state index in [1.165, 1.54) is 0 Å². The quantitative estimate of drug-likeness (QED) is 0.717. The van der Waals surface area contributed by atoms with Crippen LogP contribution in [0.25, 0.3) is 0 Å². The molecule has 0 amide bonds. The van der Waals surface area contributed by atoms with Crippen molar-refractivity contribution in [1.82, 2.24) is 5.32 Å². The summed E-state index contributed by atoms with van der Waals surface area (Å²) in [6.07, 6.45) is 2.91. The van der Waals surface area contributed by atoms with Gasteiger partial charge < -0.3 is 10.4 Å². The lowest BCUT2D eigenvalue weighted by atomic mass is 10.2. The van der Waals surface area contributed by atoms with Crippen LogP contribution in [0.4, 0.5) is 0 Å². The van der Waals surface area contributed by atoms with E-state index < -0.39 is 5.97 Å². The number of rotatable bonds is 8. The number of carbonyl (C=O) groups is 1. The zero-order valence-electron chi connectivity index (χ0n) is 10.1. The molecule has 0 saturated carbocycles. The zero-order valence-corrected chi connectivity index (χ0v) is 11.6. The number of unbranched alkanes of at least 4 members (excludes halogenated alkanes) is 2. The van der Waals surface area contributed by atoms with Gasteiger partial charge in [-0.25, -0.2) is 0 Å². The van der Waals surface area contributed by atoms with Crippen molar-refractivity contribution >= 4 is 29.2 Å². The average molecular weight is 290 g/mol. The minimum absolute atomic E-state index is 0.257. The molecule has 0 heterocycles. The molecule has 5 heteroatoms. The van der Waals surface area contributed by atoms with Gasteiger partial charge in [0.2, 0.25) is 0 Å². The molecule has 0 aliphatic heterocycles. The SMILES string of the molecule is O=C(O)CCCCCNCc1ccc(Cl)c(Cl)c1. The topological polar surface area (TPSA) is 49.3 Å². The lowest BCUT2D eigenvalue weighted by Gasteiger charge is -2.05. The zero-order chi connectivity index (χ0) is 13.4. The molecule has 3 nitrogen and oxygen atoms in total. The number of carboxylic acids is 1. The molecule has 0 aromatic heterocycles. The summed E-state index contributed by atoms with van der Waals surface area (Å²) in [5.74, 6) is -0.723. The molecular formula is C13H17Cl2NO2. The lowest BCUT2D eigenvalue weighted by molar-refractivity contribution is -0.137. The van der Waals surface area contributed by atoms with Crippen LogP contribution in [0.3, 0.4) is 0 Å². The van der Waals surface area contributed by atoms with Gasteiger partial charge in [-0.1, -0.05) is 35.7 Å². The largest absolute Gasteiger partial charge is 0.481 e. The standard InChI is InChI=1S/C13H17Cl2NO2/c14-11-6-5-10(8-12(11)15)9-16-7-3-1-2-4-13(17)18/h5-6,8,16H,1-4,7,9H2,(H,17,18). The molecule has 1 aromatic carbocycles. The third kappa shape index (κ3) is 6.24. The van der Waals surface area contributed by atoms with E-state index in [0.717, 1.165) is 37.9 Å². The normalized spacial score (nSPS) is 10.6. The molecule has 0 radical (unpaired) electrons.